The molecule has 0 spiro atoms. The molecule has 7 nitrogen and oxygen atoms in total. The van der Waals surface area contributed by atoms with Crippen molar-refractivity contribution >= 4 is 34.3 Å². The minimum absolute atomic E-state index is 0.0632. The average Bonchev–Trinajstić information content (AvgIpc) is 3.04. The first-order chi connectivity index (χ1) is 15.2. The summed E-state index contributed by atoms with van der Waals surface area (Å²) in [4.78, 5) is 18.9. The molecule has 0 saturated heterocycles. The van der Waals surface area contributed by atoms with E-state index in [1.165, 1.54) is 18.3 Å². The molecule has 0 radical (unpaired) electrons. The fraction of sp³-hybridized carbons (Fsp3) is 0.143. The number of anilines is 2. The Bertz CT molecular complexity index is 1310. The molecule has 2 aromatic heterocycles. The molecule has 0 aliphatic carbocycles. The third kappa shape index (κ3) is 4.50. The van der Waals surface area contributed by atoms with E-state index in [0.29, 0.717) is 28.7 Å². The number of nitrogens with one attached hydrogen (secondary N) is 1. The Morgan fingerprint density at radius 2 is 1.91 bits per heavy atom. The first-order valence-electron chi connectivity index (χ1n) is 9.27. The van der Waals surface area contributed by atoms with Gasteiger partial charge in [0.1, 0.15) is 18.0 Å². The number of hydrogen-bond donors (Lipinski definition) is 1. The normalized spacial score (nSPS) is 11.5. The van der Waals surface area contributed by atoms with Gasteiger partial charge in [0.25, 0.3) is 0 Å². The summed E-state index contributed by atoms with van der Waals surface area (Å²) < 4.78 is 46.9. The Hall–Kier alpha value is -3.66. The zero-order valence-corrected chi connectivity index (χ0v) is 17.3. The standard InChI is InChI=1S/C21H15ClF3N5O2/c1-30-19-5-3-14(32-15-6-7-26-13(8-15)11-27-31)10-18(19)29-20(30)28-12-2-4-17(22)16(9-12)21(23,24)25/h2-10H,11H2,1H3,(H,28,29). The number of pyridine rings is 1. The topological polar surface area (TPSA) is 81.4 Å². The number of rotatable bonds is 6. The van der Waals surface area contributed by atoms with Crippen molar-refractivity contribution in [3.8, 4) is 11.5 Å². The lowest BCUT2D eigenvalue weighted by Gasteiger charge is -2.12. The van der Waals surface area contributed by atoms with Gasteiger partial charge in [-0.05, 0) is 36.4 Å². The van der Waals surface area contributed by atoms with E-state index < -0.39 is 11.7 Å². The van der Waals surface area contributed by atoms with Crippen molar-refractivity contribution in [3.63, 3.8) is 0 Å². The number of alkyl halides is 3. The van der Waals surface area contributed by atoms with E-state index in [9.17, 15) is 18.1 Å². The summed E-state index contributed by atoms with van der Waals surface area (Å²) in [5.41, 5.74) is 1.06. The van der Waals surface area contributed by atoms with E-state index in [2.05, 4.69) is 20.5 Å². The second-order valence-corrected chi connectivity index (χ2v) is 7.24. The molecule has 0 unspecified atom stereocenters. The maximum absolute atomic E-state index is 13.1. The number of aryl methyl sites for hydroxylation is 1. The van der Waals surface area contributed by atoms with Gasteiger partial charge in [-0.15, -0.1) is 0 Å². The molecular formula is C21H15ClF3N5O2. The van der Waals surface area contributed by atoms with Crippen molar-refractivity contribution in [1.29, 1.82) is 0 Å². The predicted molar refractivity (Wildman–Crippen MR) is 114 cm³/mol. The summed E-state index contributed by atoms with van der Waals surface area (Å²) in [5.74, 6) is 1.31. The van der Waals surface area contributed by atoms with E-state index in [4.69, 9.17) is 16.3 Å². The van der Waals surface area contributed by atoms with E-state index in [-0.39, 0.29) is 17.3 Å². The molecule has 0 bridgehead atoms. The highest BCUT2D eigenvalue weighted by Gasteiger charge is 2.33. The van der Waals surface area contributed by atoms with Crippen LogP contribution in [0.2, 0.25) is 5.02 Å². The molecule has 0 aliphatic rings. The van der Waals surface area contributed by atoms with Crippen LogP contribution in [0.1, 0.15) is 11.3 Å². The van der Waals surface area contributed by atoms with Crippen LogP contribution in [0.3, 0.4) is 0 Å². The molecule has 0 saturated carbocycles. The second kappa shape index (κ2) is 8.46. The van der Waals surface area contributed by atoms with Crippen LogP contribution < -0.4 is 10.1 Å². The average molecular weight is 462 g/mol. The highest BCUT2D eigenvalue weighted by atomic mass is 35.5. The molecule has 11 heteroatoms. The van der Waals surface area contributed by atoms with E-state index in [1.54, 1.807) is 41.9 Å². The zero-order valence-electron chi connectivity index (χ0n) is 16.5. The summed E-state index contributed by atoms with van der Waals surface area (Å²) in [6, 6.07) is 12.0. The van der Waals surface area contributed by atoms with E-state index in [1.807, 2.05) is 0 Å². The summed E-state index contributed by atoms with van der Waals surface area (Å²) in [5, 5.41) is 5.33. The largest absolute Gasteiger partial charge is 0.457 e. The Kier molecular flexibility index (Phi) is 5.70. The molecule has 1 N–H and O–H groups in total. The highest BCUT2D eigenvalue weighted by molar-refractivity contribution is 6.31. The van der Waals surface area contributed by atoms with Gasteiger partial charge in [-0.3, -0.25) is 4.98 Å². The predicted octanol–water partition coefficient (Wildman–Crippen LogP) is 6.44. The summed E-state index contributed by atoms with van der Waals surface area (Å²) in [7, 11) is 1.74. The minimum Gasteiger partial charge on any atom is -0.457 e. The maximum Gasteiger partial charge on any atom is 0.417 e. The molecule has 0 atom stereocenters. The lowest BCUT2D eigenvalue weighted by Crippen LogP contribution is -2.07. The number of benzene rings is 2. The number of hydrogen-bond acceptors (Lipinski definition) is 6. The lowest BCUT2D eigenvalue weighted by atomic mass is 10.2. The first-order valence-corrected chi connectivity index (χ1v) is 9.64. The van der Waals surface area contributed by atoms with Gasteiger partial charge in [-0.1, -0.05) is 16.8 Å². The van der Waals surface area contributed by atoms with Crippen LogP contribution in [-0.4, -0.2) is 14.5 Å². The molecule has 0 fully saturated rings. The number of halogens is 4. The van der Waals surface area contributed by atoms with Gasteiger partial charge >= 0.3 is 6.18 Å². The molecule has 0 aliphatic heterocycles. The number of nitroso groups, excluding NO2 is 1. The Morgan fingerprint density at radius 3 is 2.66 bits per heavy atom. The molecule has 4 aromatic rings. The maximum atomic E-state index is 13.1. The Labute approximate surface area is 184 Å². The summed E-state index contributed by atoms with van der Waals surface area (Å²) >= 11 is 5.68. The van der Waals surface area contributed by atoms with Gasteiger partial charge in [0, 0.05) is 31.1 Å². The summed E-state index contributed by atoms with van der Waals surface area (Å²) in [6.07, 6.45) is -3.06. The number of ether oxygens (including phenoxy) is 1. The smallest absolute Gasteiger partial charge is 0.417 e. The number of fused-ring (bicyclic) bond motifs is 1. The van der Waals surface area contributed by atoms with Crippen LogP contribution in [0.5, 0.6) is 11.5 Å². The van der Waals surface area contributed by atoms with Crippen LogP contribution in [0.4, 0.5) is 24.8 Å². The van der Waals surface area contributed by atoms with Crippen LogP contribution >= 0.6 is 11.6 Å². The van der Waals surface area contributed by atoms with Crippen LogP contribution in [-0.2, 0) is 19.8 Å². The highest BCUT2D eigenvalue weighted by Crippen LogP contribution is 2.37. The van der Waals surface area contributed by atoms with Gasteiger partial charge in [0.05, 0.1) is 27.3 Å². The zero-order chi connectivity index (χ0) is 22.9. The number of imidazole rings is 1. The van der Waals surface area contributed by atoms with Gasteiger partial charge in [0.15, 0.2) is 0 Å². The van der Waals surface area contributed by atoms with E-state index >= 15 is 0 Å². The molecular weight excluding hydrogens is 447 g/mol. The van der Waals surface area contributed by atoms with Crippen molar-refractivity contribution < 1.29 is 17.9 Å². The van der Waals surface area contributed by atoms with Crippen LogP contribution in [0, 0.1) is 4.91 Å². The third-order valence-electron chi connectivity index (χ3n) is 4.63. The molecule has 164 valence electrons. The molecule has 2 heterocycles. The van der Waals surface area contributed by atoms with Crippen molar-refractivity contribution in [1.82, 2.24) is 14.5 Å². The van der Waals surface area contributed by atoms with Crippen LogP contribution in [0.15, 0.2) is 59.9 Å². The molecule has 2 aromatic carbocycles. The quantitative estimate of drug-likeness (QED) is 0.334. The number of nitrogens with zero attached hydrogens (tertiary/aromatic N) is 4. The van der Waals surface area contributed by atoms with Gasteiger partial charge in [0.2, 0.25) is 5.95 Å². The van der Waals surface area contributed by atoms with E-state index in [0.717, 1.165) is 11.6 Å². The molecule has 32 heavy (non-hydrogen) atoms. The van der Waals surface area contributed by atoms with Gasteiger partial charge in [-0.2, -0.15) is 18.1 Å². The lowest BCUT2D eigenvalue weighted by molar-refractivity contribution is -0.137. The fourth-order valence-corrected chi connectivity index (χ4v) is 3.34. The van der Waals surface area contributed by atoms with Crippen molar-refractivity contribution in [2.45, 2.75) is 12.7 Å². The van der Waals surface area contributed by atoms with Gasteiger partial charge in [-0.25, -0.2) is 4.98 Å². The van der Waals surface area contributed by atoms with Crippen molar-refractivity contribution in [2.24, 2.45) is 12.2 Å². The monoisotopic (exact) mass is 461 g/mol. The fourth-order valence-electron chi connectivity index (χ4n) is 3.11. The number of aromatic nitrogens is 3. The van der Waals surface area contributed by atoms with Crippen molar-refractivity contribution in [2.75, 3.05) is 5.32 Å². The third-order valence-corrected chi connectivity index (χ3v) is 4.96. The SMILES string of the molecule is Cn1c(Nc2ccc(Cl)c(C(F)(F)F)c2)nc2cc(Oc3ccnc(CN=O)c3)ccc21. The van der Waals surface area contributed by atoms with Gasteiger partial charge < -0.3 is 14.6 Å². The minimum atomic E-state index is -4.57. The Morgan fingerprint density at radius 1 is 1.12 bits per heavy atom. The second-order valence-electron chi connectivity index (χ2n) is 6.83. The summed E-state index contributed by atoms with van der Waals surface area (Å²) in [6.45, 7) is -0.0632. The van der Waals surface area contributed by atoms with Crippen molar-refractivity contribution in [3.05, 3.63) is 75.9 Å². The molecule has 4 rings (SSSR count). The molecule has 0 amide bonds. The first kappa shape index (κ1) is 21.6. The van der Waals surface area contributed by atoms with Crippen LogP contribution in [0.25, 0.3) is 11.0 Å². The Balaban J connectivity index is 1.61.